The molecule has 0 amide bonds. The average molecular weight is 250 g/mol. The zero-order chi connectivity index (χ0) is 13.3. The number of hydrogen-bond acceptors (Lipinski definition) is 3. The highest BCUT2D eigenvalue weighted by molar-refractivity contribution is 5.31. The maximum atomic E-state index is 13.7. The molecule has 3 nitrogen and oxygen atoms in total. The summed E-state index contributed by atoms with van der Waals surface area (Å²) in [6.07, 6.45) is 0.158. The molecule has 1 N–H and O–H groups in total. The van der Waals surface area contributed by atoms with Gasteiger partial charge in [0.05, 0.1) is 5.69 Å². The molecule has 0 radical (unpaired) electrons. The summed E-state index contributed by atoms with van der Waals surface area (Å²) in [7, 11) is 0. The predicted octanol–water partition coefficient (Wildman–Crippen LogP) is 2.45. The van der Waals surface area contributed by atoms with Gasteiger partial charge < -0.3 is 5.11 Å². The van der Waals surface area contributed by atoms with Gasteiger partial charge in [0.15, 0.2) is 11.6 Å². The van der Waals surface area contributed by atoms with Crippen LogP contribution < -0.4 is 0 Å². The van der Waals surface area contributed by atoms with E-state index in [1.54, 1.807) is 6.92 Å². The first-order valence-electron chi connectivity index (χ1n) is 5.43. The van der Waals surface area contributed by atoms with Gasteiger partial charge in [-0.15, -0.1) is 0 Å². The van der Waals surface area contributed by atoms with Crippen molar-refractivity contribution in [2.75, 3.05) is 0 Å². The molecule has 0 aliphatic carbocycles. The number of halogens is 2. The highest BCUT2D eigenvalue weighted by atomic mass is 19.2. The Morgan fingerprint density at radius 1 is 1.11 bits per heavy atom. The largest absolute Gasteiger partial charge is 0.382 e. The lowest BCUT2D eigenvalue weighted by atomic mass is 10.0. The molecule has 5 heteroatoms. The minimum Gasteiger partial charge on any atom is -0.382 e. The first-order valence-corrected chi connectivity index (χ1v) is 5.43. The zero-order valence-electron chi connectivity index (χ0n) is 9.98. The van der Waals surface area contributed by atoms with Crippen molar-refractivity contribution in [3.8, 4) is 0 Å². The Hall–Kier alpha value is -1.88. The Balaban J connectivity index is 2.46. The van der Waals surface area contributed by atoms with Crippen LogP contribution in [0.1, 0.15) is 28.7 Å². The van der Waals surface area contributed by atoms with Gasteiger partial charge in [0.1, 0.15) is 11.9 Å². The number of aliphatic hydroxyl groups is 1. The topological polar surface area (TPSA) is 46.0 Å². The first kappa shape index (κ1) is 12.6. The molecule has 94 valence electrons. The molecule has 0 saturated carbocycles. The Morgan fingerprint density at radius 2 is 1.83 bits per heavy atom. The van der Waals surface area contributed by atoms with Crippen LogP contribution in [0.4, 0.5) is 8.78 Å². The fourth-order valence-corrected chi connectivity index (χ4v) is 1.66. The Morgan fingerprint density at radius 3 is 2.50 bits per heavy atom. The number of rotatable bonds is 2. The van der Waals surface area contributed by atoms with Gasteiger partial charge in [-0.05, 0) is 25.5 Å². The molecule has 2 aromatic rings. The molecule has 0 fully saturated rings. The van der Waals surface area contributed by atoms with Crippen LogP contribution in [0.25, 0.3) is 0 Å². The van der Waals surface area contributed by atoms with Gasteiger partial charge in [-0.1, -0.05) is 12.1 Å². The molecular formula is C13H12F2N2O. The van der Waals surface area contributed by atoms with Gasteiger partial charge in [-0.2, -0.15) is 0 Å². The Labute approximate surface area is 103 Å². The number of aryl methyl sites for hydroxylation is 2. The molecule has 1 aromatic heterocycles. The van der Waals surface area contributed by atoms with Crippen LogP contribution in [0.2, 0.25) is 0 Å². The van der Waals surface area contributed by atoms with E-state index in [1.165, 1.54) is 31.3 Å². The average Bonchev–Trinajstić information content (AvgIpc) is 2.35. The fraction of sp³-hybridized carbons (Fsp3) is 0.231. The second-order valence-electron chi connectivity index (χ2n) is 4.03. The summed E-state index contributed by atoms with van der Waals surface area (Å²) in [5.41, 5.74) is 0.308. The second-order valence-corrected chi connectivity index (χ2v) is 4.03. The highest BCUT2D eigenvalue weighted by Crippen LogP contribution is 2.25. The van der Waals surface area contributed by atoms with Gasteiger partial charge >= 0.3 is 0 Å². The molecule has 0 spiro atoms. The molecule has 1 unspecified atom stereocenters. The molecule has 1 heterocycles. The summed E-state index contributed by atoms with van der Waals surface area (Å²) in [5, 5.41) is 10.0. The van der Waals surface area contributed by atoms with E-state index in [0.717, 1.165) is 0 Å². The lowest BCUT2D eigenvalue weighted by Gasteiger charge is -2.12. The van der Waals surface area contributed by atoms with Crippen LogP contribution in [0.3, 0.4) is 0 Å². The van der Waals surface area contributed by atoms with Crippen molar-refractivity contribution in [2.45, 2.75) is 20.0 Å². The van der Waals surface area contributed by atoms with Crippen molar-refractivity contribution in [3.05, 3.63) is 58.7 Å². The first-order chi connectivity index (χ1) is 8.50. The molecule has 0 aliphatic heterocycles. The van der Waals surface area contributed by atoms with E-state index in [4.69, 9.17) is 0 Å². The third-order valence-corrected chi connectivity index (χ3v) is 2.68. The van der Waals surface area contributed by atoms with Crippen LogP contribution in [0.5, 0.6) is 0 Å². The standard InChI is InChI=1S/C13H12F2N2O/c1-7-3-4-9(12(15)11(7)14)13(18)10-5-6-16-8(2)17-10/h3-6,13,18H,1-2H3. The van der Waals surface area contributed by atoms with E-state index in [1.807, 2.05) is 0 Å². The smallest absolute Gasteiger partial charge is 0.165 e. The normalized spacial score (nSPS) is 12.5. The maximum Gasteiger partial charge on any atom is 0.165 e. The van der Waals surface area contributed by atoms with E-state index >= 15 is 0 Å². The van der Waals surface area contributed by atoms with Gasteiger partial charge in [0.25, 0.3) is 0 Å². The number of aliphatic hydroxyl groups excluding tert-OH is 1. The maximum absolute atomic E-state index is 13.7. The van der Waals surface area contributed by atoms with Crippen molar-refractivity contribution in [3.63, 3.8) is 0 Å². The molecule has 18 heavy (non-hydrogen) atoms. The van der Waals surface area contributed by atoms with Crippen LogP contribution >= 0.6 is 0 Å². The minimum atomic E-state index is -1.30. The Bertz CT molecular complexity index is 587. The number of hydrogen-bond donors (Lipinski definition) is 1. The third kappa shape index (κ3) is 2.22. The number of nitrogens with zero attached hydrogens (tertiary/aromatic N) is 2. The van der Waals surface area contributed by atoms with Crippen molar-refractivity contribution in [1.29, 1.82) is 0 Å². The van der Waals surface area contributed by atoms with E-state index in [2.05, 4.69) is 9.97 Å². The van der Waals surface area contributed by atoms with Gasteiger partial charge in [0.2, 0.25) is 0 Å². The summed E-state index contributed by atoms with van der Waals surface area (Å²) in [6.45, 7) is 3.12. The van der Waals surface area contributed by atoms with Crippen molar-refractivity contribution >= 4 is 0 Å². The molecule has 0 saturated heterocycles. The van der Waals surface area contributed by atoms with Crippen LogP contribution in [0, 0.1) is 25.5 Å². The van der Waals surface area contributed by atoms with Crippen LogP contribution in [-0.4, -0.2) is 15.1 Å². The van der Waals surface area contributed by atoms with Gasteiger partial charge in [-0.3, -0.25) is 0 Å². The van der Waals surface area contributed by atoms with E-state index < -0.39 is 17.7 Å². The summed E-state index contributed by atoms with van der Waals surface area (Å²) >= 11 is 0. The second kappa shape index (κ2) is 4.78. The van der Waals surface area contributed by atoms with Crippen molar-refractivity contribution < 1.29 is 13.9 Å². The van der Waals surface area contributed by atoms with Crippen molar-refractivity contribution in [2.24, 2.45) is 0 Å². The molecular weight excluding hydrogens is 238 g/mol. The SMILES string of the molecule is Cc1nccc(C(O)c2ccc(C)c(F)c2F)n1. The lowest BCUT2D eigenvalue weighted by molar-refractivity contribution is 0.208. The minimum absolute atomic E-state index is 0.129. The number of benzene rings is 1. The van der Waals surface area contributed by atoms with E-state index in [9.17, 15) is 13.9 Å². The van der Waals surface area contributed by atoms with Crippen molar-refractivity contribution in [1.82, 2.24) is 9.97 Å². The van der Waals surface area contributed by atoms with E-state index in [-0.39, 0.29) is 16.8 Å². The van der Waals surface area contributed by atoms with Crippen LogP contribution in [0.15, 0.2) is 24.4 Å². The Kier molecular flexibility index (Phi) is 3.34. The van der Waals surface area contributed by atoms with E-state index in [0.29, 0.717) is 5.82 Å². The zero-order valence-corrected chi connectivity index (χ0v) is 9.98. The molecule has 1 atom stereocenters. The summed E-state index contributed by atoms with van der Waals surface area (Å²) in [4.78, 5) is 7.87. The highest BCUT2D eigenvalue weighted by Gasteiger charge is 2.20. The third-order valence-electron chi connectivity index (χ3n) is 2.68. The monoisotopic (exact) mass is 250 g/mol. The number of aromatic nitrogens is 2. The summed E-state index contributed by atoms with van der Waals surface area (Å²) < 4.78 is 27.1. The van der Waals surface area contributed by atoms with Crippen LogP contribution in [-0.2, 0) is 0 Å². The summed E-state index contributed by atoms with van der Waals surface area (Å²) in [6, 6.07) is 4.25. The molecule has 0 bridgehead atoms. The van der Waals surface area contributed by atoms with Gasteiger partial charge in [0, 0.05) is 11.8 Å². The molecule has 2 rings (SSSR count). The lowest BCUT2D eigenvalue weighted by Crippen LogP contribution is -2.08. The molecule has 1 aromatic carbocycles. The quantitative estimate of drug-likeness (QED) is 0.890. The summed E-state index contributed by atoms with van der Waals surface area (Å²) in [5.74, 6) is -1.53. The predicted molar refractivity (Wildman–Crippen MR) is 61.9 cm³/mol. The molecule has 0 aliphatic rings. The fourth-order valence-electron chi connectivity index (χ4n) is 1.66. The van der Waals surface area contributed by atoms with Gasteiger partial charge in [-0.25, -0.2) is 18.7 Å².